The number of likely N-dealkylation sites (tertiary alicyclic amines) is 2. The molecule has 0 aromatic heterocycles. The van der Waals surface area contributed by atoms with Gasteiger partial charge in [-0.3, -0.25) is 9.69 Å². The van der Waals surface area contributed by atoms with Crippen LogP contribution >= 0.6 is 11.6 Å². The van der Waals surface area contributed by atoms with Gasteiger partial charge in [-0.05, 0) is 51.3 Å². The van der Waals surface area contributed by atoms with Crippen molar-refractivity contribution in [3.8, 4) is 0 Å². The molecule has 2 aliphatic heterocycles. The van der Waals surface area contributed by atoms with Crippen LogP contribution in [0.5, 0.6) is 0 Å². The summed E-state index contributed by atoms with van der Waals surface area (Å²) in [6.07, 6.45) is 2.29. The Kier molecular flexibility index (Phi) is 4.70. The smallest absolute Gasteiger partial charge is 0.227 e. The highest BCUT2D eigenvalue weighted by Gasteiger charge is 2.43. The molecule has 0 unspecified atom stereocenters. The number of halogens is 1. The standard InChI is InChI=1S/C19H27ClN2O/c1-19(2,3)22-12-16(14-6-8-15(20)9-7-14)17(13-22)18(23)21-10-4-5-11-21/h6-9,16-17H,4-5,10-13H2,1-3H3/t16-,17+/m0/s1. The first kappa shape index (κ1) is 16.8. The predicted molar refractivity (Wildman–Crippen MR) is 94.8 cm³/mol. The highest BCUT2D eigenvalue weighted by Crippen LogP contribution is 2.38. The zero-order valence-corrected chi connectivity index (χ0v) is 15.1. The number of nitrogens with zero attached hydrogens (tertiary/aromatic N) is 2. The lowest BCUT2D eigenvalue weighted by molar-refractivity contribution is -0.134. The summed E-state index contributed by atoms with van der Waals surface area (Å²) < 4.78 is 0. The molecule has 23 heavy (non-hydrogen) atoms. The molecule has 4 heteroatoms. The van der Waals surface area contributed by atoms with Crippen LogP contribution in [0.2, 0.25) is 5.02 Å². The van der Waals surface area contributed by atoms with Crippen molar-refractivity contribution in [2.24, 2.45) is 5.92 Å². The third-order valence-corrected chi connectivity index (χ3v) is 5.55. The van der Waals surface area contributed by atoms with Crippen molar-refractivity contribution >= 4 is 17.5 Å². The highest BCUT2D eigenvalue weighted by molar-refractivity contribution is 6.30. The van der Waals surface area contributed by atoms with E-state index in [0.717, 1.165) is 44.0 Å². The first-order chi connectivity index (χ1) is 10.9. The lowest BCUT2D eigenvalue weighted by Gasteiger charge is -2.32. The van der Waals surface area contributed by atoms with Gasteiger partial charge in [-0.1, -0.05) is 23.7 Å². The van der Waals surface area contributed by atoms with E-state index in [1.165, 1.54) is 5.56 Å². The average molecular weight is 335 g/mol. The van der Waals surface area contributed by atoms with Crippen molar-refractivity contribution in [2.75, 3.05) is 26.2 Å². The topological polar surface area (TPSA) is 23.6 Å². The Bertz CT molecular complexity index is 558. The fourth-order valence-electron chi connectivity index (χ4n) is 3.82. The molecule has 0 N–H and O–H groups in total. The molecule has 2 aliphatic rings. The third kappa shape index (κ3) is 3.56. The Morgan fingerprint density at radius 3 is 2.26 bits per heavy atom. The number of rotatable bonds is 2. The monoisotopic (exact) mass is 334 g/mol. The molecule has 2 heterocycles. The van der Waals surface area contributed by atoms with Crippen molar-refractivity contribution in [1.82, 2.24) is 9.80 Å². The lowest BCUT2D eigenvalue weighted by atomic mass is 9.88. The van der Waals surface area contributed by atoms with Crippen molar-refractivity contribution in [2.45, 2.75) is 45.1 Å². The van der Waals surface area contributed by atoms with Gasteiger partial charge in [-0.2, -0.15) is 0 Å². The molecule has 2 fully saturated rings. The summed E-state index contributed by atoms with van der Waals surface area (Å²) in [6.45, 7) is 10.3. The molecule has 0 aliphatic carbocycles. The van der Waals surface area contributed by atoms with Gasteiger partial charge in [0, 0.05) is 42.7 Å². The van der Waals surface area contributed by atoms with Crippen molar-refractivity contribution < 1.29 is 4.79 Å². The van der Waals surface area contributed by atoms with Crippen LogP contribution in [0, 0.1) is 5.92 Å². The van der Waals surface area contributed by atoms with E-state index in [1.807, 2.05) is 12.1 Å². The second-order valence-corrected chi connectivity index (χ2v) is 8.31. The fourth-order valence-corrected chi connectivity index (χ4v) is 3.95. The van der Waals surface area contributed by atoms with Crippen LogP contribution in [0.3, 0.4) is 0 Å². The Hall–Kier alpha value is -1.06. The van der Waals surface area contributed by atoms with Gasteiger partial charge >= 0.3 is 0 Å². The van der Waals surface area contributed by atoms with E-state index in [-0.39, 0.29) is 17.4 Å². The highest BCUT2D eigenvalue weighted by atomic mass is 35.5. The van der Waals surface area contributed by atoms with Gasteiger partial charge in [0.2, 0.25) is 5.91 Å². The van der Waals surface area contributed by atoms with Crippen LogP contribution in [-0.2, 0) is 4.79 Å². The van der Waals surface area contributed by atoms with E-state index in [0.29, 0.717) is 5.91 Å². The Morgan fingerprint density at radius 1 is 1.09 bits per heavy atom. The molecule has 3 nitrogen and oxygen atoms in total. The first-order valence-electron chi connectivity index (χ1n) is 8.65. The van der Waals surface area contributed by atoms with Gasteiger partial charge in [0.1, 0.15) is 0 Å². The van der Waals surface area contributed by atoms with Crippen LogP contribution < -0.4 is 0 Å². The zero-order valence-electron chi connectivity index (χ0n) is 14.4. The summed E-state index contributed by atoms with van der Waals surface area (Å²) in [4.78, 5) is 17.6. The molecular weight excluding hydrogens is 308 g/mol. The maximum Gasteiger partial charge on any atom is 0.227 e. The van der Waals surface area contributed by atoms with Gasteiger partial charge in [0.05, 0.1) is 5.92 Å². The number of hydrogen-bond donors (Lipinski definition) is 0. The number of amides is 1. The predicted octanol–water partition coefficient (Wildman–Crippen LogP) is 3.78. The molecule has 1 aromatic carbocycles. The van der Waals surface area contributed by atoms with Crippen LogP contribution in [-0.4, -0.2) is 47.4 Å². The Labute approximate surface area is 144 Å². The van der Waals surface area contributed by atoms with E-state index in [1.54, 1.807) is 0 Å². The second-order valence-electron chi connectivity index (χ2n) is 7.87. The Balaban J connectivity index is 1.86. The maximum absolute atomic E-state index is 13.0. The number of benzene rings is 1. The second kappa shape index (κ2) is 6.45. The molecule has 0 spiro atoms. The molecule has 1 aromatic rings. The first-order valence-corrected chi connectivity index (χ1v) is 9.03. The summed E-state index contributed by atoms with van der Waals surface area (Å²) >= 11 is 6.04. The molecular formula is C19H27ClN2O. The van der Waals surface area contributed by atoms with Gasteiger partial charge in [0.25, 0.3) is 0 Å². The number of carbonyl (C=O) groups is 1. The minimum absolute atomic E-state index is 0.0634. The maximum atomic E-state index is 13.0. The average Bonchev–Trinajstić information content (AvgIpc) is 3.16. The van der Waals surface area contributed by atoms with Gasteiger partial charge in [-0.25, -0.2) is 0 Å². The minimum Gasteiger partial charge on any atom is -0.342 e. The summed E-state index contributed by atoms with van der Waals surface area (Å²) in [7, 11) is 0. The van der Waals surface area contributed by atoms with Crippen LogP contribution in [0.15, 0.2) is 24.3 Å². The molecule has 0 radical (unpaired) electrons. The molecule has 2 atom stereocenters. The van der Waals surface area contributed by atoms with Crippen LogP contribution in [0.25, 0.3) is 0 Å². The van der Waals surface area contributed by atoms with E-state index in [2.05, 4.69) is 42.7 Å². The largest absolute Gasteiger partial charge is 0.342 e. The molecule has 126 valence electrons. The molecule has 0 saturated carbocycles. The SMILES string of the molecule is CC(C)(C)N1C[C@@H](C(=O)N2CCCC2)[C@H](c2ccc(Cl)cc2)C1. The van der Waals surface area contributed by atoms with E-state index in [9.17, 15) is 4.79 Å². The van der Waals surface area contributed by atoms with E-state index in [4.69, 9.17) is 11.6 Å². The van der Waals surface area contributed by atoms with Crippen molar-refractivity contribution in [3.63, 3.8) is 0 Å². The summed E-state index contributed by atoms with van der Waals surface area (Å²) in [5.74, 6) is 0.669. The van der Waals surface area contributed by atoms with Gasteiger partial charge < -0.3 is 4.90 Å². The van der Waals surface area contributed by atoms with E-state index < -0.39 is 0 Å². The van der Waals surface area contributed by atoms with Crippen molar-refractivity contribution in [3.05, 3.63) is 34.9 Å². The fraction of sp³-hybridized carbons (Fsp3) is 0.632. The molecule has 3 rings (SSSR count). The third-order valence-electron chi connectivity index (χ3n) is 5.30. The Morgan fingerprint density at radius 2 is 1.70 bits per heavy atom. The summed E-state index contributed by atoms with van der Waals surface area (Å²) in [5, 5.41) is 0.752. The van der Waals surface area contributed by atoms with Crippen molar-refractivity contribution in [1.29, 1.82) is 0 Å². The quantitative estimate of drug-likeness (QED) is 0.821. The van der Waals surface area contributed by atoms with Gasteiger partial charge in [0.15, 0.2) is 0 Å². The van der Waals surface area contributed by atoms with Crippen LogP contribution in [0.4, 0.5) is 0 Å². The zero-order chi connectivity index (χ0) is 16.6. The normalized spacial score (nSPS) is 26.0. The van der Waals surface area contributed by atoms with Crippen LogP contribution in [0.1, 0.15) is 45.1 Å². The number of carbonyl (C=O) groups excluding carboxylic acids is 1. The lowest BCUT2D eigenvalue weighted by Crippen LogP contribution is -2.41. The summed E-state index contributed by atoms with van der Waals surface area (Å²) in [5.41, 5.74) is 1.32. The van der Waals surface area contributed by atoms with Gasteiger partial charge in [-0.15, -0.1) is 0 Å². The number of hydrogen-bond acceptors (Lipinski definition) is 2. The molecule has 1 amide bonds. The van der Waals surface area contributed by atoms with E-state index >= 15 is 0 Å². The molecule has 0 bridgehead atoms. The minimum atomic E-state index is 0.0634. The summed E-state index contributed by atoms with van der Waals surface area (Å²) in [6, 6.07) is 8.05. The molecule has 2 saturated heterocycles.